The zero-order chi connectivity index (χ0) is 17.6. The molecule has 3 N–H and O–H groups in total. The number of hydrogen-bond acceptors (Lipinski definition) is 3. The van der Waals surface area contributed by atoms with E-state index in [1.165, 1.54) is 32.1 Å². The van der Waals surface area contributed by atoms with E-state index in [0.717, 1.165) is 34.1 Å². The minimum atomic E-state index is 0.571. The number of aromatic nitrogens is 1. The van der Waals surface area contributed by atoms with E-state index < -0.39 is 0 Å². The molecular formula is C21H28N4. The lowest BCUT2D eigenvalue weighted by Gasteiger charge is -2.24. The molecule has 1 heterocycles. The molecule has 132 valence electrons. The molecule has 0 bridgehead atoms. The molecule has 0 unspecified atom stereocenters. The lowest BCUT2D eigenvalue weighted by molar-refractivity contribution is 0.393. The number of nitrogens with two attached hydrogens (primary N) is 1. The van der Waals surface area contributed by atoms with Gasteiger partial charge in [-0.05, 0) is 31.2 Å². The van der Waals surface area contributed by atoms with Gasteiger partial charge in [-0.15, -0.1) is 0 Å². The van der Waals surface area contributed by atoms with Crippen molar-refractivity contribution in [3.63, 3.8) is 0 Å². The molecule has 1 aliphatic carbocycles. The summed E-state index contributed by atoms with van der Waals surface area (Å²) >= 11 is 0. The molecule has 1 saturated carbocycles. The van der Waals surface area contributed by atoms with Gasteiger partial charge in [-0.2, -0.15) is 0 Å². The largest absolute Gasteiger partial charge is 0.386 e. The maximum Gasteiger partial charge on any atom is 0.126 e. The van der Waals surface area contributed by atoms with E-state index in [-0.39, 0.29) is 0 Å². The minimum absolute atomic E-state index is 0.571. The fourth-order valence-electron chi connectivity index (χ4n) is 3.51. The molecule has 1 aromatic carbocycles. The molecule has 2 aromatic rings. The number of aryl methyl sites for hydroxylation is 1. The van der Waals surface area contributed by atoms with Crippen molar-refractivity contribution in [1.29, 1.82) is 0 Å². The van der Waals surface area contributed by atoms with Crippen molar-refractivity contribution in [2.75, 3.05) is 6.54 Å². The third-order valence-electron chi connectivity index (χ3n) is 4.89. The van der Waals surface area contributed by atoms with Crippen molar-refractivity contribution in [2.45, 2.75) is 51.5 Å². The highest BCUT2D eigenvalue weighted by atomic mass is 14.9. The van der Waals surface area contributed by atoms with Crippen LogP contribution in [-0.2, 0) is 0 Å². The first-order valence-electron chi connectivity index (χ1n) is 9.23. The average Bonchev–Trinajstić information content (AvgIpc) is 2.61. The summed E-state index contributed by atoms with van der Waals surface area (Å²) in [6.07, 6.45) is 9.23. The summed E-state index contributed by atoms with van der Waals surface area (Å²) in [5, 5.41) is 5.75. The van der Waals surface area contributed by atoms with Crippen molar-refractivity contribution >= 4 is 16.6 Å². The lowest BCUT2D eigenvalue weighted by atomic mass is 9.95. The molecule has 0 saturated heterocycles. The van der Waals surface area contributed by atoms with E-state index in [1.54, 1.807) is 0 Å². The monoisotopic (exact) mass is 336 g/mol. The second kappa shape index (κ2) is 8.15. The van der Waals surface area contributed by atoms with E-state index in [0.29, 0.717) is 18.4 Å². The lowest BCUT2D eigenvalue weighted by Crippen LogP contribution is -2.30. The number of hydrogen-bond donors (Lipinski definition) is 2. The van der Waals surface area contributed by atoms with Crippen LogP contribution in [0.25, 0.3) is 10.8 Å². The Balaban J connectivity index is 1.61. The number of benzene rings is 1. The summed E-state index contributed by atoms with van der Waals surface area (Å²) < 4.78 is 0. The van der Waals surface area contributed by atoms with Gasteiger partial charge in [0.2, 0.25) is 0 Å². The summed E-state index contributed by atoms with van der Waals surface area (Å²) in [5.74, 6) is 0.571. The van der Waals surface area contributed by atoms with Gasteiger partial charge < -0.3 is 11.1 Å². The van der Waals surface area contributed by atoms with E-state index in [2.05, 4.69) is 34.0 Å². The van der Waals surface area contributed by atoms with Gasteiger partial charge in [0, 0.05) is 47.5 Å². The fourth-order valence-corrected chi connectivity index (χ4v) is 3.51. The Labute approximate surface area is 150 Å². The maximum atomic E-state index is 6.24. The summed E-state index contributed by atoms with van der Waals surface area (Å²) in [4.78, 5) is 8.96. The second-order valence-electron chi connectivity index (χ2n) is 6.95. The smallest absolute Gasteiger partial charge is 0.126 e. The number of aliphatic imine (C=N–C) groups is 1. The predicted molar refractivity (Wildman–Crippen MR) is 106 cm³/mol. The standard InChI is InChI=1S/C21H28N4/c1-15(25-18-8-4-3-5-9-18)11-12-23-21(22)19-10-6-7-17-13-16(2)24-14-20(17)19/h6-7,10,13-14,18,25H,1,3-5,8-9,11-12H2,2H3,(H2,22,23). The number of rotatable bonds is 6. The van der Waals surface area contributed by atoms with Crippen LogP contribution in [0.1, 0.15) is 49.8 Å². The molecule has 4 heteroatoms. The Bertz CT molecular complexity index is 773. The van der Waals surface area contributed by atoms with Crippen LogP contribution in [0.5, 0.6) is 0 Å². The Kier molecular flexibility index (Phi) is 5.69. The van der Waals surface area contributed by atoms with Gasteiger partial charge in [-0.3, -0.25) is 9.98 Å². The molecule has 3 rings (SSSR count). The van der Waals surface area contributed by atoms with Gasteiger partial charge >= 0.3 is 0 Å². The zero-order valence-electron chi connectivity index (χ0n) is 15.1. The highest BCUT2D eigenvalue weighted by molar-refractivity contribution is 6.08. The van der Waals surface area contributed by atoms with Gasteiger partial charge in [0.1, 0.15) is 5.84 Å². The van der Waals surface area contributed by atoms with Crippen LogP contribution in [0.2, 0.25) is 0 Å². The van der Waals surface area contributed by atoms with Crippen LogP contribution in [0.15, 0.2) is 47.7 Å². The zero-order valence-corrected chi connectivity index (χ0v) is 15.1. The van der Waals surface area contributed by atoms with Gasteiger partial charge in [0.05, 0.1) is 0 Å². The molecule has 25 heavy (non-hydrogen) atoms. The van der Waals surface area contributed by atoms with Crippen LogP contribution in [0.3, 0.4) is 0 Å². The first kappa shape index (κ1) is 17.5. The second-order valence-corrected chi connectivity index (χ2v) is 6.95. The molecule has 1 aliphatic rings. The molecule has 1 aromatic heterocycles. The molecule has 1 fully saturated rings. The Morgan fingerprint density at radius 1 is 1.32 bits per heavy atom. The van der Waals surface area contributed by atoms with E-state index in [4.69, 9.17) is 5.73 Å². The number of amidine groups is 1. The van der Waals surface area contributed by atoms with Crippen molar-refractivity contribution in [3.8, 4) is 0 Å². The summed E-state index contributed by atoms with van der Waals surface area (Å²) in [5.41, 5.74) is 9.27. The highest BCUT2D eigenvalue weighted by Crippen LogP contribution is 2.20. The topological polar surface area (TPSA) is 63.3 Å². The summed E-state index contributed by atoms with van der Waals surface area (Å²) in [6.45, 7) is 6.79. The Morgan fingerprint density at radius 3 is 2.92 bits per heavy atom. The normalized spacial score (nSPS) is 16.1. The maximum absolute atomic E-state index is 6.24. The van der Waals surface area contributed by atoms with Crippen molar-refractivity contribution in [1.82, 2.24) is 10.3 Å². The third kappa shape index (κ3) is 4.59. The van der Waals surface area contributed by atoms with Gasteiger partial charge in [0.15, 0.2) is 0 Å². The highest BCUT2D eigenvalue weighted by Gasteiger charge is 2.13. The van der Waals surface area contributed by atoms with Crippen LogP contribution >= 0.6 is 0 Å². The molecule has 0 spiro atoms. The van der Waals surface area contributed by atoms with Gasteiger partial charge in [0.25, 0.3) is 0 Å². The first-order chi connectivity index (χ1) is 12.1. The van der Waals surface area contributed by atoms with E-state index >= 15 is 0 Å². The molecule has 4 nitrogen and oxygen atoms in total. The minimum Gasteiger partial charge on any atom is -0.386 e. The first-order valence-corrected chi connectivity index (χ1v) is 9.23. The van der Waals surface area contributed by atoms with Crippen LogP contribution < -0.4 is 11.1 Å². The van der Waals surface area contributed by atoms with Crippen LogP contribution in [-0.4, -0.2) is 23.4 Å². The third-order valence-corrected chi connectivity index (χ3v) is 4.89. The quantitative estimate of drug-likeness (QED) is 0.617. The van der Waals surface area contributed by atoms with Gasteiger partial charge in [-0.25, -0.2) is 0 Å². The van der Waals surface area contributed by atoms with Crippen molar-refractivity contribution < 1.29 is 0 Å². The Morgan fingerprint density at radius 2 is 2.12 bits per heavy atom. The fraction of sp³-hybridized carbons (Fsp3) is 0.429. The van der Waals surface area contributed by atoms with Crippen molar-refractivity contribution in [2.24, 2.45) is 10.7 Å². The van der Waals surface area contributed by atoms with Crippen LogP contribution in [0.4, 0.5) is 0 Å². The predicted octanol–water partition coefficient (Wildman–Crippen LogP) is 4.07. The van der Waals surface area contributed by atoms with Crippen molar-refractivity contribution in [3.05, 3.63) is 54.0 Å². The molecule has 0 atom stereocenters. The van der Waals surface area contributed by atoms with Gasteiger partial charge in [-0.1, -0.05) is 44.0 Å². The van der Waals surface area contributed by atoms with E-state index in [9.17, 15) is 0 Å². The average molecular weight is 336 g/mol. The summed E-state index contributed by atoms with van der Waals surface area (Å²) in [7, 11) is 0. The molecular weight excluding hydrogens is 308 g/mol. The number of fused-ring (bicyclic) bond motifs is 1. The SMILES string of the molecule is C=C(CCN=C(N)c1cccc2cc(C)ncc12)NC1CCCCC1. The molecule has 0 aliphatic heterocycles. The number of pyridine rings is 1. The summed E-state index contributed by atoms with van der Waals surface area (Å²) in [6, 6.07) is 8.77. The molecule has 0 radical (unpaired) electrons. The Hall–Kier alpha value is -2.36. The van der Waals surface area contributed by atoms with Crippen LogP contribution in [0, 0.1) is 6.92 Å². The number of nitrogens with zero attached hydrogens (tertiary/aromatic N) is 2. The number of nitrogens with one attached hydrogen (secondary N) is 1. The molecule has 0 amide bonds. The van der Waals surface area contributed by atoms with E-state index in [1.807, 2.05) is 25.3 Å².